The van der Waals surface area contributed by atoms with E-state index in [2.05, 4.69) is 41.4 Å². The van der Waals surface area contributed by atoms with Crippen LogP contribution in [0.3, 0.4) is 0 Å². The average Bonchev–Trinajstić information content (AvgIpc) is 3.63. The molecular formula is C40H45Cl3N10O4. The summed E-state index contributed by atoms with van der Waals surface area (Å²) in [7, 11) is 0. The van der Waals surface area contributed by atoms with Crippen LogP contribution >= 0.6 is 35.6 Å². The summed E-state index contributed by atoms with van der Waals surface area (Å²) in [6, 6.07) is 14.3. The number of nitriles is 1. The molecule has 4 fully saturated rings. The van der Waals surface area contributed by atoms with Gasteiger partial charge < -0.3 is 19.9 Å². The van der Waals surface area contributed by atoms with Gasteiger partial charge in [0.25, 0.3) is 5.91 Å². The van der Waals surface area contributed by atoms with Crippen molar-refractivity contribution in [1.82, 2.24) is 35.5 Å². The Morgan fingerprint density at radius 3 is 2.39 bits per heavy atom. The molecule has 5 heterocycles. The van der Waals surface area contributed by atoms with Gasteiger partial charge in [0.15, 0.2) is 11.5 Å². The Kier molecular flexibility index (Phi) is 12.7. The smallest absolute Gasteiger partial charge is 0.328 e. The number of carbonyl (C=O) groups excluding carboxylic acids is 3. The highest BCUT2D eigenvalue weighted by Crippen LogP contribution is 2.36. The molecule has 0 atom stereocenters. The van der Waals surface area contributed by atoms with Gasteiger partial charge in [0.05, 0.1) is 40.1 Å². The molecule has 0 radical (unpaired) electrons. The molecule has 57 heavy (non-hydrogen) atoms. The number of hydrogen-bond acceptors (Lipinski definition) is 10. The summed E-state index contributed by atoms with van der Waals surface area (Å²) in [6.07, 6.45) is 9.34. The lowest BCUT2D eigenvalue weighted by molar-refractivity contribution is -0.120. The highest BCUT2D eigenvalue weighted by atomic mass is 35.5. The van der Waals surface area contributed by atoms with Crippen LogP contribution in [0.2, 0.25) is 10.0 Å². The normalized spacial score (nSPS) is 21.1. The van der Waals surface area contributed by atoms with E-state index in [1.165, 1.54) is 0 Å². The Balaban J connectivity index is 0.00000496. The Labute approximate surface area is 347 Å². The maximum absolute atomic E-state index is 13.0. The average molecular weight is 836 g/mol. The van der Waals surface area contributed by atoms with Crippen molar-refractivity contribution in [3.8, 4) is 11.8 Å². The van der Waals surface area contributed by atoms with Crippen LogP contribution in [-0.4, -0.2) is 94.1 Å². The Morgan fingerprint density at radius 2 is 1.70 bits per heavy atom. The minimum Gasteiger partial charge on any atom is -0.490 e. The van der Waals surface area contributed by atoms with E-state index < -0.39 is 6.03 Å². The third kappa shape index (κ3) is 9.23. The fraction of sp³-hybridized carbons (Fsp3) is 0.475. The second kappa shape index (κ2) is 17.9. The van der Waals surface area contributed by atoms with Crippen molar-refractivity contribution in [2.24, 2.45) is 5.92 Å². The molecule has 3 aliphatic heterocycles. The van der Waals surface area contributed by atoms with Gasteiger partial charge in [-0.25, -0.2) is 4.79 Å². The molecule has 17 heteroatoms. The minimum atomic E-state index is -0.436. The third-order valence-electron chi connectivity index (χ3n) is 11.6. The van der Waals surface area contributed by atoms with Crippen LogP contribution in [0.15, 0.2) is 48.7 Å². The molecule has 2 aromatic carbocycles. The third-order valence-corrected chi connectivity index (χ3v) is 12.1. The molecule has 300 valence electrons. The van der Waals surface area contributed by atoms with Crippen molar-refractivity contribution in [2.45, 2.75) is 76.0 Å². The van der Waals surface area contributed by atoms with Gasteiger partial charge in [-0.2, -0.15) is 10.4 Å². The first-order valence-electron chi connectivity index (χ1n) is 19.5. The van der Waals surface area contributed by atoms with Crippen LogP contribution in [0.4, 0.5) is 16.3 Å². The van der Waals surface area contributed by atoms with Crippen LogP contribution in [0.1, 0.15) is 79.9 Å². The molecule has 0 unspecified atom stereocenters. The number of rotatable bonds is 9. The molecule has 1 aliphatic carbocycles. The zero-order chi connectivity index (χ0) is 38.8. The number of anilines is 2. The summed E-state index contributed by atoms with van der Waals surface area (Å²) in [5.74, 6) is 1.55. The monoisotopic (exact) mass is 834 g/mol. The number of urea groups is 1. The molecule has 4 amide bonds. The standard InChI is InChI=1S/C40H44Cl2N10O4.ClH/c41-27-19-35(51-18-13-38(53)46-40(51)55)32-23-44-52(36(32)20-27)29-11-14-49(15-12-29)24-25-9-16-50(17-10-25)37-8-7-34(47-48-37)39(54)45-28-2-5-30(6-3-28)56-31-4-1-26(22-43)33(42)21-31;/h1,4,7-8,19-21,23,25,28-30H,2-3,5-6,9-18,24H2,(H,45,54)(H,46,53,55);1H/t28-,30-;. The quantitative estimate of drug-likeness (QED) is 0.189. The number of amides is 4. The van der Waals surface area contributed by atoms with Crippen LogP contribution in [0.25, 0.3) is 10.9 Å². The van der Waals surface area contributed by atoms with Crippen LogP contribution in [0, 0.1) is 17.2 Å². The summed E-state index contributed by atoms with van der Waals surface area (Å²) >= 11 is 12.7. The highest BCUT2D eigenvalue weighted by molar-refractivity contribution is 6.32. The van der Waals surface area contributed by atoms with Crippen molar-refractivity contribution in [1.29, 1.82) is 5.26 Å². The maximum atomic E-state index is 13.0. The van der Waals surface area contributed by atoms with Crippen molar-refractivity contribution in [3.63, 3.8) is 0 Å². The second-order valence-electron chi connectivity index (χ2n) is 15.3. The summed E-state index contributed by atoms with van der Waals surface area (Å²) in [4.78, 5) is 43.7. The second-order valence-corrected chi connectivity index (χ2v) is 16.1. The van der Waals surface area contributed by atoms with E-state index in [1.807, 2.05) is 12.1 Å². The number of nitrogens with zero attached hydrogens (tertiary/aromatic N) is 8. The van der Waals surface area contributed by atoms with Crippen LogP contribution in [0.5, 0.6) is 5.75 Å². The van der Waals surface area contributed by atoms with E-state index in [0.29, 0.717) is 45.2 Å². The van der Waals surface area contributed by atoms with Gasteiger partial charge in [-0.1, -0.05) is 23.2 Å². The Bertz CT molecular complexity index is 2140. The van der Waals surface area contributed by atoms with Gasteiger partial charge in [0, 0.05) is 68.2 Å². The number of likely N-dealkylation sites (tertiary alicyclic amines) is 1. The predicted octanol–water partition coefficient (Wildman–Crippen LogP) is 6.55. The van der Waals surface area contributed by atoms with E-state index >= 15 is 0 Å². The fourth-order valence-electron chi connectivity index (χ4n) is 8.51. The summed E-state index contributed by atoms with van der Waals surface area (Å²) in [5.41, 5.74) is 2.31. The van der Waals surface area contributed by atoms with Crippen molar-refractivity contribution >= 4 is 75.9 Å². The zero-order valence-electron chi connectivity index (χ0n) is 31.4. The molecule has 4 aromatic rings. The number of benzene rings is 2. The van der Waals surface area contributed by atoms with Gasteiger partial charge in [0.2, 0.25) is 5.91 Å². The van der Waals surface area contributed by atoms with E-state index in [4.69, 9.17) is 38.3 Å². The number of imide groups is 1. The first-order chi connectivity index (χ1) is 27.2. The van der Waals surface area contributed by atoms with Gasteiger partial charge in [-0.15, -0.1) is 22.6 Å². The minimum absolute atomic E-state index is 0. The maximum Gasteiger partial charge on any atom is 0.328 e. The predicted molar refractivity (Wildman–Crippen MR) is 219 cm³/mol. The molecule has 1 saturated carbocycles. The van der Waals surface area contributed by atoms with Gasteiger partial charge in [-0.05, 0) is 93.7 Å². The number of hydrogen-bond donors (Lipinski definition) is 2. The number of nitrogens with one attached hydrogen (secondary N) is 2. The molecule has 2 N–H and O–H groups in total. The number of carbonyl (C=O) groups is 3. The van der Waals surface area contributed by atoms with Crippen molar-refractivity contribution in [2.75, 3.05) is 49.1 Å². The van der Waals surface area contributed by atoms with Gasteiger partial charge in [-0.3, -0.25) is 24.5 Å². The lowest BCUT2D eigenvalue weighted by atomic mass is 9.92. The zero-order valence-corrected chi connectivity index (χ0v) is 33.7. The summed E-state index contributed by atoms with van der Waals surface area (Å²) in [5, 5.41) is 29.8. The number of fused-ring (bicyclic) bond motifs is 1. The molecule has 14 nitrogen and oxygen atoms in total. The van der Waals surface area contributed by atoms with Crippen molar-refractivity contribution < 1.29 is 19.1 Å². The first kappa shape index (κ1) is 40.5. The van der Waals surface area contributed by atoms with Crippen molar-refractivity contribution in [3.05, 3.63) is 70.0 Å². The molecular weight excluding hydrogens is 791 g/mol. The largest absolute Gasteiger partial charge is 0.490 e. The molecule has 0 spiro atoms. The summed E-state index contributed by atoms with van der Waals surface area (Å²) in [6.45, 7) is 5.12. The number of halogens is 3. The Hall–Kier alpha value is -4.68. The number of piperidine rings is 2. The van der Waals surface area contributed by atoms with Crippen LogP contribution < -0.4 is 25.2 Å². The lowest BCUT2D eigenvalue weighted by Gasteiger charge is -2.38. The lowest BCUT2D eigenvalue weighted by Crippen LogP contribution is -2.49. The number of ether oxygens (including phenoxy) is 1. The number of aromatic nitrogens is 4. The topological polar surface area (TPSA) is 162 Å². The Morgan fingerprint density at radius 1 is 0.930 bits per heavy atom. The molecule has 8 rings (SSSR count). The first-order valence-corrected chi connectivity index (χ1v) is 20.2. The molecule has 0 bridgehead atoms. The fourth-order valence-corrected chi connectivity index (χ4v) is 8.93. The SMILES string of the molecule is Cl.N#Cc1ccc(O[C@H]2CC[C@H](NC(=O)c3ccc(N4CCC(CN5CCC(n6ncc7c(N8CCC(=O)NC8=O)cc(Cl)cc76)CC5)CC4)nn3)CC2)cc1Cl. The molecule has 2 aromatic heterocycles. The van der Waals surface area contributed by atoms with E-state index in [0.717, 1.165) is 101 Å². The van der Waals surface area contributed by atoms with E-state index in [-0.39, 0.29) is 48.8 Å². The van der Waals surface area contributed by atoms with Gasteiger partial charge in [0.1, 0.15) is 11.8 Å². The molecule has 3 saturated heterocycles. The summed E-state index contributed by atoms with van der Waals surface area (Å²) < 4.78 is 8.14. The van der Waals surface area contributed by atoms with E-state index in [9.17, 15) is 14.4 Å². The van der Waals surface area contributed by atoms with Gasteiger partial charge >= 0.3 is 6.03 Å². The highest BCUT2D eigenvalue weighted by Gasteiger charge is 2.30. The van der Waals surface area contributed by atoms with E-state index in [1.54, 1.807) is 41.4 Å². The molecule has 4 aliphatic rings. The van der Waals surface area contributed by atoms with Crippen LogP contribution in [-0.2, 0) is 4.79 Å².